The second kappa shape index (κ2) is 18.2. The number of quaternary nitrogens is 1. The first kappa shape index (κ1) is 34.1. The third-order valence-electron chi connectivity index (χ3n) is 5.83. The molecule has 1 unspecified atom stereocenters. The van der Waals surface area contributed by atoms with Crippen LogP contribution in [0.5, 0.6) is 0 Å². The summed E-state index contributed by atoms with van der Waals surface area (Å²) in [5.41, 5.74) is 3.28. The lowest BCUT2D eigenvalue weighted by molar-refractivity contribution is -0.903. The van der Waals surface area contributed by atoms with Crippen molar-refractivity contribution in [3.8, 4) is 0 Å². The van der Waals surface area contributed by atoms with E-state index in [9.17, 15) is 9.59 Å². The molecule has 0 aromatic heterocycles. The van der Waals surface area contributed by atoms with Crippen LogP contribution in [0, 0.1) is 5.92 Å². The number of ether oxygens (including phenoxy) is 1. The smallest absolute Gasteiger partial charge is 0.333 e. The zero-order chi connectivity index (χ0) is 25.4. The van der Waals surface area contributed by atoms with Gasteiger partial charge in [0.15, 0.2) is 0 Å². The van der Waals surface area contributed by atoms with Crippen LogP contribution in [0.25, 0.3) is 0 Å². The van der Waals surface area contributed by atoms with Crippen molar-refractivity contribution in [1.82, 2.24) is 0 Å². The lowest BCUT2D eigenvalue weighted by Gasteiger charge is -2.29. The second-order valence-electron chi connectivity index (χ2n) is 9.55. The minimum atomic E-state index is -0.780. The molecule has 0 aliphatic heterocycles. The number of hydrogen-bond donors (Lipinski definition) is 1. The first-order valence-electron chi connectivity index (χ1n) is 12.0. The van der Waals surface area contributed by atoms with E-state index in [1.807, 2.05) is 25.1 Å². The van der Waals surface area contributed by atoms with Gasteiger partial charge < -0.3 is 26.7 Å². The van der Waals surface area contributed by atoms with E-state index in [2.05, 4.69) is 46.7 Å². The molecular formula is C28H46ClNO4. The van der Waals surface area contributed by atoms with E-state index < -0.39 is 5.97 Å². The van der Waals surface area contributed by atoms with Gasteiger partial charge in [0.25, 0.3) is 0 Å². The highest BCUT2D eigenvalue weighted by Crippen LogP contribution is 2.22. The topological polar surface area (TPSA) is 63.6 Å². The molecule has 1 aromatic carbocycles. The number of carbonyl (C=O) groups is 2. The van der Waals surface area contributed by atoms with Gasteiger partial charge in [-0.25, -0.2) is 9.59 Å². The molecule has 0 radical (unpaired) electrons. The Kier molecular flexibility index (Phi) is 18.3. The van der Waals surface area contributed by atoms with Gasteiger partial charge in [0.05, 0.1) is 14.1 Å². The molecule has 1 atom stereocenters. The predicted octanol–water partition coefficient (Wildman–Crippen LogP) is 3.40. The van der Waals surface area contributed by atoms with Gasteiger partial charge in [-0.1, -0.05) is 82.0 Å². The quantitative estimate of drug-likeness (QED) is 0.259. The molecular weight excluding hydrogens is 450 g/mol. The third kappa shape index (κ3) is 15.7. The molecule has 1 rings (SSSR count). The molecule has 1 N–H and O–H groups in total. The molecule has 1 aromatic rings. The average Bonchev–Trinajstić information content (AvgIpc) is 2.76. The number of halogens is 1. The van der Waals surface area contributed by atoms with Gasteiger partial charge in [0, 0.05) is 16.7 Å². The van der Waals surface area contributed by atoms with Crippen LogP contribution in [-0.4, -0.2) is 48.8 Å². The van der Waals surface area contributed by atoms with Crippen molar-refractivity contribution in [3.05, 3.63) is 59.2 Å². The van der Waals surface area contributed by atoms with E-state index in [0.29, 0.717) is 23.7 Å². The number of nitrogens with zero attached hydrogens (tertiary/aromatic N) is 1. The number of allylic oxidation sites excluding steroid dienone is 1. The normalized spacial score (nSPS) is 12.3. The summed E-state index contributed by atoms with van der Waals surface area (Å²) in [4.78, 5) is 22.0. The first-order chi connectivity index (χ1) is 15.4. The Morgan fingerprint density at radius 3 is 2.15 bits per heavy atom. The van der Waals surface area contributed by atoms with Gasteiger partial charge in [-0.15, -0.1) is 0 Å². The van der Waals surface area contributed by atoms with Crippen molar-refractivity contribution in [2.45, 2.75) is 73.3 Å². The van der Waals surface area contributed by atoms with Crippen LogP contribution in [0.2, 0.25) is 0 Å². The summed E-state index contributed by atoms with van der Waals surface area (Å²) in [6.07, 6.45) is 5.77. The number of carboxylic acid groups (broad SMARTS) is 1. The summed E-state index contributed by atoms with van der Waals surface area (Å²) < 4.78 is 5.91. The highest BCUT2D eigenvalue weighted by Gasteiger charge is 2.16. The number of rotatable bonds is 13. The maximum absolute atomic E-state index is 11.3. The van der Waals surface area contributed by atoms with E-state index in [4.69, 9.17) is 9.84 Å². The van der Waals surface area contributed by atoms with Gasteiger partial charge in [-0.05, 0) is 33.1 Å². The van der Waals surface area contributed by atoms with Crippen LogP contribution >= 0.6 is 0 Å². The summed E-state index contributed by atoms with van der Waals surface area (Å²) >= 11 is 0. The molecule has 6 heteroatoms. The molecule has 0 saturated heterocycles. The molecule has 0 spiro atoms. The largest absolute Gasteiger partial charge is 1.00 e. The van der Waals surface area contributed by atoms with Crippen LogP contribution < -0.4 is 12.4 Å². The van der Waals surface area contributed by atoms with Crippen LogP contribution in [0.3, 0.4) is 0 Å². The Bertz CT molecular complexity index is 772. The molecule has 5 nitrogen and oxygen atoms in total. The fraction of sp³-hybridized carbons (Fsp3) is 0.571. The molecule has 194 valence electrons. The van der Waals surface area contributed by atoms with Gasteiger partial charge in [-0.2, -0.15) is 0 Å². The Hall–Kier alpha value is -2.11. The lowest BCUT2D eigenvalue weighted by atomic mass is 9.91. The van der Waals surface area contributed by atoms with Crippen molar-refractivity contribution < 1.29 is 36.3 Å². The first-order valence-corrected chi connectivity index (χ1v) is 12.0. The van der Waals surface area contributed by atoms with Crippen molar-refractivity contribution in [1.29, 1.82) is 0 Å². The number of benzene rings is 1. The van der Waals surface area contributed by atoms with Crippen LogP contribution in [0.4, 0.5) is 0 Å². The van der Waals surface area contributed by atoms with Gasteiger partial charge in [0.1, 0.15) is 19.7 Å². The molecule has 34 heavy (non-hydrogen) atoms. The number of unbranched alkanes of at least 4 members (excludes halogenated alkanes) is 1. The standard InChI is InChI=1S/C15H22NO2.C13H24O2.ClH/c1-13(2)15(17)18-11-10-16(3,4)12-14-8-6-5-7-9-14;1-5-7-8-12(6-2)9-10(3)11(4)13(14)15;/h5-9H,1,10-12H2,2-4H3;12H,5-9H2,1-4H3,(H,14,15);1H/q+1;;/p-1. The SMILES string of the molecule is C=C(C)C(=O)OCC[N+](C)(C)Cc1ccccc1.CCCCC(CC)CC(C)=C(C)C(=O)O.[Cl-]. The Morgan fingerprint density at radius 1 is 1.09 bits per heavy atom. The van der Waals surface area contributed by atoms with Crippen LogP contribution in [0.15, 0.2) is 53.6 Å². The maximum atomic E-state index is 11.3. The van der Waals surface area contributed by atoms with Gasteiger partial charge in [0.2, 0.25) is 0 Å². The van der Waals surface area contributed by atoms with Gasteiger partial charge in [-0.3, -0.25) is 0 Å². The van der Waals surface area contributed by atoms with E-state index in [1.165, 1.54) is 24.8 Å². The summed E-state index contributed by atoms with van der Waals surface area (Å²) in [5, 5.41) is 8.86. The monoisotopic (exact) mass is 495 g/mol. The molecule has 0 saturated carbocycles. The van der Waals surface area contributed by atoms with Crippen LogP contribution in [0.1, 0.15) is 72.3 Å². The molecule has 0 fully saturated rings. The number of esters is 1. The highest BCUT2D eigenvalue weighted by atomic mass is 35.5. The average molecular weight is 496 g/mol. The molecule has 0 heterocycles. The van der Waals surface area contributed by atoms with E-state index >= 15 is 0 Å². The molecule has 0 amide bonds. The van der Waals surface area contributed by atoms with Crippen molar-refractivity contribution in [2.24, 2.45) is 5.92 Å². The summed E-state index contributed by atoms with van der Waals surface area (Å²) in [6.45, 7) is 15.4. The minimum Gasteiger partial charge on any atom is -1.00 e. The minimum absolute atomic E-state index is 0. The van der Waals surface area contributed by atoms with E-state index in [0.717, 1.165) is 36.0 Å². The fourth-order valence-corrected chi connectivity index (χ4v) is 3.38. The molecule has 0 aliphatic rings. The maximum Gasteiger partial charge on any atom is 0.333 e. The van der Waals surface area contributed by atoms with Crippen molar-refractivity contribution in [3.63, 3.8) is 0 Å². The number of aliphatic carboxylic acids is 1. The zero-order valence-corrected chi connectivity index (χ0v) is 23.1. The fourth-order valence-electron chi connectivity index (χ4n) is 3.38. The Labute approximate surface area is 213 Å². The number of carbonyl (C=O) groups excluding carboxylic acids is 1. The highest BCUT2D eigenvalue weighted by molar-refractivity contribution is 5.87. The van der Waals surface area contributed by atoms with Gasteiger partial charge >= 0.3 is 11.9 Å². The second-order valence-corrected chi connectivity index (χ2v) is 9.55. The molecule has 0 bridgehead atoms. The van der Waals surface area contributed by atoms with Crippen LogP contribution in [-0.2, 0) is 20.9 Å². The number of carboxylic acids is 1. The summed E-state index contributed by atoms with van der Waals surface area (Å²) in [5.74, 6) is -0.438. The Balaban J connectivity index is 0. The Morgan fingerprint density at radius 2 is 1.68 bits per heavy atom. The number of likely N-dealkylation sites (N-methyl/N-ethyl adjacent to an activating group) is 1. The zero-order valence-electron chi connectivity index (χ0n) is 22.3. The summed E-state index contributed by atoms with van der Waals surface area (Å²) in [6, 6.07) is 10.3. The predicted molar refractivity (Wildman–Crippen MR) is 137 cm³/mol. The van der Waals surface area contributed by atoms with Crippen molar-refractivity contribution in [2.75, 3.05) is 27.2 Å². The lowest BCUT2D eigenvalue weighted by Crippen LogP contribution is -3.00. The van der Waals surface area contributed by atoms with E-state index in [1.54, 1.807) is 13.8 Å². The third-order valence-corrected chi connectivity index (χ3v) is 5.83. The van der Waals surface area contributed by atoms with E-state index in [-0.39, 0.29) is 18.4 Å². The van der Waals surface area contributed by atoms with Crippen molar-refractivity contribution >= 4 is 11.9 Å². The number of hydrogen-bond acceptors (Lipinski definition) is 3. The molecule has 0 aliphatic carbocycles. The summed E-state index contributed by atoms with van der Waals surface area (Å²) in [7, 11) is 4.25.